The topological polar surface area (TPSA) is 144 Å². The summed E-state index contributed by atoms with van der Waals surface area (Å²) in [5.41, 5.74) is 9.13. The summed E-state index contributed by atoms with van der Waals surface area (Å²) in [6.07, 6.45) is 14.2. The van der Waals surface area contributed by atoms with Crippen LogP contribution in [0.2, 0.25) is 10.0 Å². The maximum absolute atomic E-state index is 13.1. The number of amides is 1. The molecule has 2 aromatic heterocycles. The van der Waals surface area contributed by atoms with Crippen molar-refractivity contribution in [3.05, 3.63) is 127 Å². The van der Waals surface area contributed by atoms with Gasteiger partial charge in [-0.3, -0.25) is 14.8 Å². The van der Waals surface area contributed by atoms with E-state index < -0.39 is 5.97 Å². The molecule has 0 radical (unpaired) electrons. The number of hydrogen-bond donors (Lipinski definition) is 2. The molecular weight excluding hydrogens is 874 g/mol. The minimum absolute atomic E-state index is 0.0554. The highest BCUT2D eigenvalue weighted by Gasteiger charge is 2.47. The summed E-state index contributed by atoms with van der Waals surface area (Å²) in [5, 5.41) is 34.4. The normalized spacial score (nSPS) is 23.7. The molecule has 1 amide bonds. The van der Waals surface area contributed by atoms with E-state index in [-0.39, 0.29) is 35.7 Å². The second-order valence-corrected chi connectivity index (χ2v) is 19.5. The first-order valence-electron chi connectivity index (χ1n) is 23.4. The summed E-state index contributed by atoms with van der Waals surface area (Å²) in [6.45, 7) is 15.7. The number of aliphatic hydroxyl groups is 1. The maximum Gasteiger partial charge on any atom is 0.354 e. The van der Waals surface area contributed by atoms with Crippen molar-refractivity contribution < 1.29 is 19.8 Å². The predicted molar refractivity (Wildman–Crippen MR) is 255 cm³/mol. The number of aryl methyl sites for hydroxylation is 2. The van der Waals surface area contributed by atoms with Gasteiger partial charge in [-0.25, -0.2) is 24.5 Å². The largest absolute Gasteiger partial charge is 0.477 e. The number of nitrogens with zero attached hydrogens (tertiary/aromatic N) is 9. The quantitative estimate of drug-likeness (QED) is 0.182. The number of aromatic nitrogens is 2. The second-order valence-electron chi connectivity index (χ2n) is 18.7. The zero-order valence-corrected chi connectivity index (χ0v) is 38.1. The number of carboxylic acids is 1. The molecule has 11 rings (SSSR count). The smallest absolute Gasteiger partial charge is 0.354 e. The van der Waals surface area contributed by atoms with Crippen molar-refractivity contribution in [1.29, 1.82) is 0 Å². The molecule has 2 saturated carbocycles. The fraction of sp³-hybridized carbons (Fsp3) is 0.451. The number of pyridine rings is 2. The Hall–Kier alpha value is -5.86. The Bertz CT molecular complexity index is 2730. The van der Waals surface area contributed by atoms with Crippen molar-refractivity contribution in [2.45, 2.75) is 108 Å². The second kappa shape index (κ2) is 18.4. The van der Waals surface area contributed by atoms with Crippen LogP contribution >= 0.6 is 23.2 Å². The number of carboxylic acid groups (broad SMARTS) is 1. The van der Waals surface area contributed by atoms with Crippen LogP contribution in [0.3, 0.4) is 0 Å². The van der Waals surface area contributed by atoms with Gasteiger partial charge in [0.1, 0.15) is 11.4 Å². The number of piperidine rings is 1. The van der Waals surface area contributed by atoms with Gasteiger partial charge in [-0.15, -0.1) is 0 Å². The van der Waals surface area contributed by atoms with Gasteiger partial charge in [0, 0.05) is 46.1 Å². The molecule has 338 valence electrons. The number of hydrogen-bond acceptors (Lipinski definition) is 9. The van der Waals surface area contributed by atoms with Crippen molar-refractivity contribution in [3.63, 3.8) is 0 Å². The molecule has 0 bridgehead atoms. The Labute approximate surface area is 394 Å². The van der Waals surface area contributed by atoms with Gasteiger partial charge in [-0.2, -0.15) is 10.2 Å². The highest BCUT2D eigenvalue weighted by molar-refractivity contribution is 6.34. The number of fused-ring (bicyclic) bond motifs is 6. The van der Waals surface area contributed by atoms with Gasteiger partial charge in [-0.1, -0.05) is 61.0 Å². The highest BCUT2D eigenvalue weighted by Crippen LogP contribution is 2.47. The van der Waals surface area contributed by atoms with E-state index in [1.165, 1.54) is 51.4 Å². The van der Waals surface area contributed by atoms with E-state index in [0.29, 0.717) is 70.8 Å². The fourth-order valence-corrected chi connectivity index (χ4v) is 12.2. The minimum Gasteiger partial charge on any atom is -0.477 e. The van der Waals surface area contributed by atoms with E-state index in [9.17, 15) is 19.8 Å². The van der Waals surface area contributed by atoms with Crippen molar-refractivity contribution in [3.8, 4) is 0 Å². The molecule has 15 heteroatoms. The summed E-state index contributed by atoms with van der Waals surface area (Å²) in [7, 11) is 0. The van der Waals surface area contributed by atoms with E-state index in [1.807, 2.05) is 42.5 Å². The van der Waals surface area contributed by atoms with Crippen LogP contribution in [-0.2, 0) is 12.8 Å². The molecule has 13 nitrogen and oxygen atoms in total. The molecule has 1 saturated heterocycles. The molecule has 2 N–H and O–H groups in total. The van der Waals surface area contributed by atoms with Crippen LogP contribution in [-0.4, -0.2) is 79.7 Å². The van der Waals surface area contributed by atoms with Crippen molar-refractivity contribution >= 4 is 69.3 Å². The van der Waals surface area contributed by atoms with E-state index >= 15 is 0 Å². The van der Waals surface area contributed by atoms with Gasteiger partial charge in [-0.05, 0) is 125 Å². The summed E-state index contributed by atoms with van der Waals surface area (Å²) < 4.78 is 0. The van der Waals surface area contributed by atoms with Crippen LogP contribution in [0.25, 0.3) is 9.69 Å². The monoisotopic (exact) mass is 923 g/mol. The summed E-state index contributed by atoms with van der Waals surface area (Å²) in [5.74, 6) is 0.668. The molecule has 2 aromatic carbocycles. The van der Waals surface area contributed by atoms with Gasteiger partial charge in [0.05, 0.1) is 65.5 Å². The van der Waals surface area contributed by atoms with Crippen LogP contribution in [0.1, 0.15) is 121 Å². The molecule has 3 fully saturated rings. The van der Waals surface area contributed by atoms with E-state index in [1.54, 1.807) is 23.1 Å². The molecule has 66 heavy (non-hydrogen) atoms. The number of anilines is 2. The molecule has 4 aromatic rings. The number of aliphatic hydroxyl groups excluding tert-OH is 1. The number of carbonyl (C=O) groups excluding carboxylic acids is 1. The SMILES string of the molecule is [C-]#[N+]c1ccc(N2N=C3c4ccc(C(=O)N5CCC(O)CC5)nc4CC[C@@H]3[C@@H]2C2CCCC2)cc1Cl.[C-]#[N+]c1ccc(N2N=C3c4ccc(C(=O)O)nc4CC[C@@H]3[C@@H]2C2CCCC2)cc1Cl. The third-order valence-corrected chi connectivity index (χ3v) is 15.6. The average molecular weight is 925 g/mol. The third-order valence-electron chi connectivity index (χ3n) is 15.0. The first-order valence-corrected chi connectivity index (χ1v) is 24.2. The Morgan fingerprint density at radius 2 is 1.08 bits per heavy atom. The number of carbonyl (C=O) groups is 2. The first-order chi connectivity index (χ1) is 32.1. The van der Waals surface area contributed by atoms with Crippen molar-refractivity contribution in [1.82, 2.24) is 14.9 Å². The zero-order valence-electron chi connectivity index (χ0n) is 36.6. The lowest BCUT2D eigenvalue weighted by Gasteiger charge is -2.34. The van der Waals surface area contributed by atoms with E-state index in [0.717, 1.165) is 71.0 Å². The fourth-order valence-electron chi connectivity index (χ4n) is 11.8. The lowest BCUT2D eigenvalue weighted by molar-refractivity contribution is 0.0540. The van der Waals surface area contributed by atoms with Crippen LogP contribution in [0.15, 0.2) is 70.9 Å². The van der Waals surface area contributed by atoms with E-state index in [4.69, 9.17) is 51.5 Å². The van der Waals surface area contributed by atoms with Gasteiger partial charge in [0.2, 0.25) is 11.4 Å². The van der Waals surface area contributed by atoms with Crippen LogP contribution < -0.4 is 10.0 Å². The Morgan fingerprint density at radius 3 is 1.52 bits per heavy atom. The molecule has 0 spiro atoms. The lowest BCUT2D eigenvalue weighted by atomic mass is 9.76. The first kappa shape index (κ1) is 44.0. The Kier molecular flexibility index (Phi) is 12.3. The molecule has 5 heterocycles. The highest BCUT2D eigenvalue weighted by atomic mass is 35.5. The van der Waals surface area contributed by atoms with Gasteiger partial charge in [0.15, 0.2) is 0 Å². The van der Waals surface area contributed by atoms with Crippen LogP contribution in [0, 0.1) is 36.8 Å². The lowest BCUT2D eigenvalue weighted by Crippen LogP contribution is -2.41. The van der Waals surface area contributed by atoms with Crippen molar-refractivity contribution in [2.24, 2.45) is 33.9 Å². The maximum atomic E-state index is 13.1. The zero-order chi connectivity index (χ0) is 45.6. The third kappa shape index (κ3) is 8.20. The summed E-state index contributed by atoms with van der Waals surface area (Å²) in [4.78, 5) is 42.4. The molecule has 7 aliphatic rings. The number of hydrazone groups is 2. The average Bonchev–Trinajstić information content (AvgIpc) is 4.18. The Morgan fingerprint density at radius 1 is 0.621 bits per heavy atom. The Balaban J connectivity index is 0.000000158. The summed E-state index contributed by atoms with van der Waals surface area (Å²) in [6, 6.07) is 19.0. The van der Waals surface area contributed by atoms with Gasteiger partial charge >= 0.3 is 5.97 Å². The molecule has 4 atom stereocenters. The van der Waals surface area contributed by atoms with E-state index in [2.05, 4.69) is 24.7 Å². The minimum atomic E-state index is -1.01. The number of benzene rings is 2. The number of likely N-dealkylation sites (tertiary alicyclic amines) is 1. The van der Waals surface area contributed by atoms with Gasteiger partial charge < -0.3 is 15.1 Å². The standard InChI is InChI=1S/C28H30ClN5O2.C23H21ClN4O2/c1-30-24-9-6-18(16-22(24)29)34-27(17-4-2-3-5-17)21-8-10-23-20(26(21)32-34)7-11-25(31-23)28(36)33-14-12-19(35)13-15-33;1-25-19-9-6-14(12-17(19)24)28-22(13-4-2-3-5-13)16-8-10-18-15(21(16)27-28)7-11-20(26-18)23(29)30/h6-7,9,11,16-17,19,21,27,35H,2-5,8,10,12-15H2;6-7,9,11-13,16,22H,2-5,8,10H2,(H,29,30)/t21-,27-;16-,22-/m00/s1. The predicted octanol–water partition coefficient (Wildman–Crippen LogP) is 10.6. The van der Waals surface area contributed by atoms with Crippen molar-refractivity contribution in [2.75, 3.05) is 23.1 Å². The molecule has 4 aliphatic carbocycles. The van der Waals surface area contributed by atoms with Gasteiger partial charge in [0.25, 0.3) is 5.91 Å². The number of aromatic carboxylic acids is 1. The molecular formula is C51H51Cl2N9O4. The van der Waals surface area contributed by atoms with Crippen LogP contribution in [0.4, 0.5) is 22.7 Å². The van der Waals surface area contributed by atoms with Crippen LogP contribution in [0.5, 0.6) is 0 Å². The molecule has 3 aliphatic heterocycles. The summed E-state index contributed by atoms with van der Waals surface area (Å²) >= 11 is 12.8. The number of rotatable bonds is 6. The number of halogens is 2. The molecule has 0 unspecified atom stereocenters.